The van der Waals surface area contributed by atoms with E-state index in [1.54, 1.807) is 7.11 Å². The third kappa shape index (κ3) is 9.52. The van der Waals surface area contributed by atoms with Gasteiger partial charge >= 0.3 is 0 Å². The van der Waals surface area contributed by atoms with Crippen LogP contribution in [0, 0.1) is 0 Å². The monoisotopic (exact) mass is 599 g/mol. The van der Waals surface area contributed by atoms with Gasteiger partial charge in [0.05, 0.1) is 19.9 Å². The van der Waals surface area contributed by atoms with Crippen LogP contribution in [0.4, 0.5) is 0 Å². The standard InChI is InChI=1S/C34H37N3O5S/c1-42-31-20-18-28(19-21-31)23-35-34(39)32(22-27-12-6-3-7-13-27)37(25-30-16-10-5-11-17-30)33(38)26-36(43(2,40)41)24-29-14-8-4-9-15-29/h3-21,32H,22-26H2,1-2H3,(H,35,39). The predicted molar refractivity (Wildman–Crippen MR) is 167 cm³/mol. The van der Waals surface area contributed by atoms with Gasteiger partial charge in [0.25, 0.3) is 0 Å². The Bertz CT molecular complexity index is 1570. The first-order valence-corrected chi connectivity index (χ1v) is 15.8. The average Bonchev–Trinajstić information content (AvgIpc) is 3.02. The fraction of sp³-hybridized carbons (Fsp3) is 0.235. The summed E-state index contributed by atoms with van der Waals surface area (Å²) in [5, 5.41) is 3.00. The molecule has 0 aliphatic heterocycles. The number of carbonyl (C=O) groups excluding carboxylic acids is 2. The van der Waals surface area contributed by atoms with Crippen molar-refractivity contribution >= 4 is 21.8 Å². The predicted octanol–water partition coefficient (Wildman–Crippen LogP) is 4.41. The van der Waals surface area contributed by atoms with Crippen LogP contribution in [0.3, 0.4) is 0 Å². The zero-order chi connectivity index (χ0) is 30.7. The van der Waals surface area contributed by atoms with Gasteiger partial charge in [0.1, 0.15) is 11.8 Å². The van der Waals surface area contributed by atoms with E-state index in [1.807, 2.05) is 115 Å². The second kappa shape index (κ2) is 15.1. The molecule has 9 heteroatoms. The topological polar surface area (TPSA) is 96.0 Å². The third-order valence-electron chi connectivity index (χ3n) is 7.08. The highest BCUT2D eigenvalue weighted by molar-refractivity contribution is 7.88. The molecular weight excluding hydrogens is 562 g/mol. The van der Waals surface area contributed by atoms with E-state index in [9.17, 15) is 18.0 Å². The molecule has 4 aromatic rings. The minimum Gasteiger partial charge on any atom is -0.497 e. The molecule has 0 aliphatic rings. The van der Waals surface area contributed by atoms with E-state index >= 15 is 0 Å². The average molecular weight is 600 g/mol. The van der Waals surface area contributed by atoms with Crippen molar-refractivity contribution in [3.63, 3.8) is 0 Å². The van der Waals surface area contributed by atoms with Crippen molar-refractivity contribution in [1.82, 2.24) is 14.5 Å². The van der Waals surface area contributed by atoms with Crippen LogP contribution in [-0.2, 0) is 45.7 Å². The van der Waals surface area contributed by atoms with Gasteiger partial charge in [0.2, 0.25) is 21.8 Å². The Kier molecular flexibility index (Phi) is 11.1. The highest BCUT2D eigenvalue weighted by atomic mass is 32.2. The van der Waals surface area contributed by atoms with Crippen LogP contribution < -0.4 is 10.1 Å². The lowest BCUT2D eigenvalue weighted by Gasteiger charge is -2.33. The molecule has 8 nitrogen and oxygen atoms in total. The molecule has 0 spiro atoms. The van der Waals surface area contributed by atoms with E-state index in [0.717, 1.165) is 32.8 Å². The summed E-state index contributed by atoms with van der Waals surface area (Å²) in [7, 11) is -2.16. The van der Waals surface area contributed by atoms with Crippen molar-refractivity contribution in [3.05, 3.63) is 138 Å². The number of ether oxygens (including phenoxy) is 1. The van der Waals surface area contributed by atoms with Gasteiger partial charge in [-0.25, -0.2) is 8.42 Å². The fourth-order valence-corrected chi connectivity index (χ4v) is 5.43. The van der Waals surface area contributed by atoms with E-state index in [-0.39, 0.29) is 32.0 Å². The number of amides is 2. The summed E-state index contributed by atoms with van der Waals surface area (Å²) in [6.45, 7) is 0.0241. The zero-order valence-corrected chi connectivity index (χ0v) is 25.2. The largest absolute Gasteiger partial charge is 0.497 e. The van der Waals surface area contributed by atoms with Crippen molar-refractivity contribution in [2.24, 2.45) is 0 Å². The number of nitrogens with zero attached hydrogens (tertiary/aromatic N) is 2. The number of methoxy groups -OCH3 is 1. The van der Waals surface area contributed by atoms with E-state index in [0.29, 0.717) is 5.75 Å². The van der Waals surface area contributed by atoms with Gasteiger partial charge in [-0.15, -0.1) is 0 Å². The third-order valence-corrected chi connectivity index (χ3v) is 8.27. The minimum atomic E-state index is -3.75. The molecule has 0 aromatic heterocycles. The summed E-state index contributed by atoms with van der Waals surface area (Å²) in [5.74, 6) is -0.0914. The van der Waals surface area contributed by atoms with E-state index in [4.69, 9.17) is 4.74 Å². The normalized spacial score (nSPS) is 12.0. The summed E-state index contributed by atoms with van der Waals surface area (Å²) in [6, 6.07) is 34.5. The molecule has 0 fully saturated rings. The SMILES string of the molecule is COc1ccc(CNC(=O)C(Cc2ccccc2)N(Cc2ccccc2)C(=O)CN(Cc2ccccc2)S(C)(=O)=O)cc1. The molecule has 0 aliphatic carbocycles. The van der Waals surface area contributed by atoms with Crippen LogP contribution in [0.25, 0.3) is 0 Å². The molecule has 0 bridgehead atoms. The van der Waals surface area contributed by atoms with Gasteiger partial charge in [-0.05, 0) is 34.4 Å². The van der Waals surface area contributed by atoms with Gasteiger partial charge in [-0.3, -0.25) is 9.59 Å². The van der Waals surface area contributed by atoms with E-state index in [1.165, 1.54) is 4.90 Å². The Hall–Kier alpha value is -4.47. The van der Waals surface area contributed by atoms with Crippen molar-refractivity contribution in [2.45, 2.75) is 32.1 Å². The van der Waals surface area contributed by atoms with E-state index < -0.39 is 28.5 Å². The molecule has 1 N–H and O–H groups in total. The van der Waals surface area contributed by atoms with Crippen LogP contribution in [-0.4, -0.2) is 55.4 Å². The number of sulfonamides is 1. The highest BCUT2D eigenvalue weighted by Crippen LogP contribution is 2.18. The van der Waals surface area contributed by atoms with Crippen LogP contribution in [0.15, 0.2) is 115 Å². The lowest BCUT2D eigenvalue weighted by atomic mass is 10.0. The maximum atomic E-state index is 14.1. The summed E-state index contributed by atoms with van der Waals surface area (Å²) in [5.41, 5.74) is 3.33. The highest BCUT2D eigenvalue weighted by Gasteiger charge is 2.32. The van der Waals surface area contributed by atoms with Crippen LogP contribution in [0.5, 0.6) is 5.75 Å². The first kappa shape index (κ1) is 31.5. The molecule has 1 atom stereocenters. The number of hydrogen-bond donors (Lipinski definition) is 1. The molecule has 224 valence electrons. The van der Waals surface area contributed by atoms with Crippen molar-refractivity contribution < 1.29 is 22.7 Å². The Morgan fingerprint density at radius 2 is 1.23 bits per heavy atom. The molecule has 43 heavy (non-hydrogen) atoms. The summed E-state index contributed by atoms with van der Waals surface area (Å²) in [4.78, 5) is 29.5. The Labute approximate surface area is 254 Å². The number of benzene rings is 4. The van der Waals surface area contributed by atoms with E-state index in [2.05, 4.69) is 5.32 Å². The first-order chi connectivity index (χ1) is 20.7. The fourth-order valence-electron chi connectivity index (χ4n) is 4.70. The number of rotatable bonds is 14. The smallest absolute Gasteiger partial charge is 0.243 e. The number of nitrogens with one attached hydrogen (secondary N) is 1. The Morgan fingerprint density at radius 1 is 0.721 bits per heavy atom. The summed E-state index contributed by atoms with van der Waals surface area (Å²) >= 11 is 0. The molecular formula is C34H37N3O5S. The van der Waals surface area contributed by atoms with Gasteiger partial charge in [-0.1, -0.05) is 103 Å². The lowest BCUT2D eigenvalue weighted by Crippen LogP contribution is -2.53. The maximum absolute atomic E-state index is 14.1. The molecule has 1 unspecified atom stereocenters. The van der Waals surface area contributed by atoms with Crippen molar-refractivity contribution in [2.75, 3.05) is 19.9 Å². The van der Waals surface area contributed by atoms with Crippen LogP contribution >= 0.6 is 0 Å². The van der Waals surface area contributed by atoms with Gasteiger partial charge < -0.3 is 15.0 Å². The van der Waals surface area contributed by atoms with Gasteiger partial charge in [0, 0.05) is 26.1 Å². The Balaban J connectivity index is 1.65. The maximum Gasteiger partial charge on any atom is 0.243 e. The molecule has 0 saturated carbocycles. The first-order valence-electron chi connectivity index (χ1n) is 14.0. The zero-order valence-electron chi connectivity index (χ0n) is 24.4. The molecule has 4 rings (SSSR count). The molecule has 0 radical (unpaired) electrons. The molecule has 0 heterocycles. The molecule has 2 amide bonds. The second-order valence-electron chi connectivity index (χ2n) is 10.3. The quantitative estimate of drug-likeness (QED) is 0.232. The summed E-state index contributed by atoms with van der Waals surface area (Å²) < 4.78 is 32.0. The molecule has 4 aromatic carbocycles. The molecule has 0 saturated heterocycles. The number of carbonyl (C=O) groups is 2. The van der Waals surface area contributed by atoms with Crippen LogP contribution in [0.2, 0.25) is 0 Å². The number of hydrogen-bond acceptors (Lipinski definition) is 5. The Morgan fingerprint density at radius 3 is 1.74 bits per heavy atom. The minimum absolute atomic E-state index is 0.0393. The van der Waals surface area contributed by atoms with Crippen molar-refractivity contribution in [1.29, 1.82) is 0 Å². The summed E-state index contributed by atoms with van der Waals surface area (Å²) in [6.07, 6.45) is 1.35. The lowest BCUT2D eigenvalue weighted by molar-refractivity contribution is -0.141. The second-order valence-corrected chi connectivity index (χ2v) is 12.3. The van der Waals surface area contributed by atoms with Crippen LogP contribution in [0.1, 0.15) is 22.3 Å². The van der Waals surface area contributed by atoms with Gasteiger partial charge in [-0.2, -0.15) is 4.31 Å². The van der Waals surface area contributed by atoms with Gasteiger partial charge in [0.15, 0.2) is 0 Å². The van der Waals surface area contributed by atoms with Crippen molar-refractivity contribution in [3.8, 4) is 5.75 Å².